The first-order valence-corrected chi connectivity index (χ1v) is 7.70. The minimum absolute atomic E-state index is 0.249. The van der Waals surface area contributed by atoms with E-state index in [1.165, 1.54) is 0 Å². The number of amides is 1. The first-order chi connectivity index (χ1) is 11.6. The molecule has 2 aromatic heterocycles. The summed E-state index contributed by atoms with van der Waals surface area (Å²) in [4.78, 5) is 11.9. The van der Waals surface area contributed by atoms with Gasteiger partial charge in [0.05, 0.1) is 6.21 Å². The topological polar surface area (TPSA) is 59.5 Å². The van der Waals surface area contributed by atoms with E-state index in [0.29, 0.717) is 5.76 Å². The van der Waals surface area contributed by atoms with Gasteiger partial charge in [0.1, 0.15) is 5.76 Å². The molecule has 1 aromatic carbocycles. The second-order valence-corrected chi connectivity index (χ2v) is 5.61. The summed E-state index contributed by atoms with van der Waals surface area (Å²) in [5, 5.41) is 4.04. The van der Waals surface area contributed by atoms with Crippen molar-refractivity contribution in [3.05, 3.63) is 77.0 Å². The Hall–Kier alpha value is -3.08. The van der Waals surface area contributed by atoms with E-state index in [-0.39, 0.29) is 11.7 Å². The summed E-state index contributed by atoms with van der Waals surface area (Å²) in [6, 6.07) is 15.5. The lowest BCUT2D eigenvalue weighted by molar-refractivity contribution is 0.0926. The van der Waals surface area contributed by atoms with E-state index in [1.54, 1.807) is 25.3 Å². The van der Waals surface area contributed by atoms with Gasteiger partial charge in [0.2, 0.25) is 0 Å². The van der Waals surface area contributed by atoms with Crippen molar-refractivity contribution >= 4 is 12.1 Å². The van der Waals surface area contributed by atoms with Crippen LogP contribution in [0.5, 0.6) is 0 Å². The van der Waals surface area contributed by atoms with Gasteiger partial charge in [-0.3, -0.25) is 4.79 Å². The smallest absolute Gasteiger partial charge is 0.307 e. The van der Waals surface area contributed by atoms with Gasteiger partial charge in [-0.15, -0.1) is 0 Å². The van der Waals surface area contributed by atoms with Gasteiger partial charge in [-0.2, -0.15) is 5.10 Å². The van der Waals surface area contributed by atoms with Crippen LogP contribution in [-0.2, 0) is 0 Å². The average molecular weight is 321 g/mol. The van der Waals surface area contributed by atoms with Crippen LogP contribution in [0.15, 0.2) is 58.0 Å². The van der Waals surface area contributed by atoms with Gasteiger partial charge in [0.15, 0.2) is 5.76 Å². The number of carbonyl (C=O) groups excluding carboxylic acids is 1. The van der Waals surface area contributed by atoms with Crippen LogP contribution in [0.1, 0.15) is 33.3 Å². The molecule has 3 aromatic rings. The van der Waals surface area contributed by atoms with Crippen molar-refractivity contribution in [2.45, 2.75) is 20.8 Å². The van der Waals surface area contributed by atoms with E-state index in [0.717, 1.165) is 22.6 Å². The third-order valence-electron chi connectivity index (χ3n) is 3.82. The lowest BCUT2D eigenvalue weighted by Crippen LogP contribution is -2.16. The molecule has 0 bridgehead atoms. The first-order valence-electron chi connectivity index (χ1n) is 7.70. The summed E-state index contributed by atoms with van der Waals surface area (Å²) in [5.74, 6) is 0.575. The van der Waals surface area contributed by atoms with E-state index in [4.69, 9.17) is 4.42 Å². The molecule has 0 saturated carbocycles. The van der Waals surface area contributed by atoms with Gasteiger partial charge in [-0.1, -0.05) is 18.2 Å². The van der Waals surface area contributed by atoms with Crippen LogP contribution in [-0.4, -0.2) is 16.7 Å². The molecule has 2 heterocycles. The third kappa shape index (κ3) is 3.15. The molecule has 3 rings (SSSR count). The standard InChI is InChI=1S/C19H19N3O2/c1-13-11-16(15(3)22(13)17-7-5-4-6-8-17)12-20-21-19(23)18-10-9-14(2)24-18/h4-12H,1-3H3,(H,21,23)/b20-12-. The zero-order chi connectivity index (χ0) is 17.1. The van der Waals surface area contributed by atoms with Crippen molar-refractivity contribution in [2.24, 2.45) is 5.10 Å². The lowest BCUT2D eigenvalue weighted by Gasteiger charge is -2.08. The van der Waals surface area contributed by atoms with Gasteiger partial charge in [-0.05, 0) is 51.1 Å². The van der Waals surface area contributed by atoms with Crippen LogP contribution in [0.4, 0.5) is 0 Å². The molecule has 0 saturated heterocycles. The molecule has 0 atom stereocenters. The number of furan rings is 1. The Morgan fingerprint density at radius 2 is 1.88 bits per heavy atom. The maximum atomic E-state index is 11.9. The lowest BCUT2D eigenvalue weighted by atomic mass is 10.2. The fourth-order valence-corrected chi connectivity index (χ4v) is 2.66. The van der Waals surface area contributed by atoms with Gasteiger partial charge >= 0.3 is 5.91 Å². The second kappa shape index (κ2) is 6.58. The molecular formula is C19H19N3O2. The van der Waals surface area contributed by atoms with E-state index >= 15 is 0 Å². The molecular weight excluding hydrogens is 302 g/mol. The summed E-state index contributed by atoms with van der Waals surface area (Å²) in [6.45, 7) is 5.86. The molecule has 0 aliphatic carbocycles. The Balaban J connectivity index is 1.77. The predicted molar refractivity (Wildman–Crippen MR) is 93.7 cm³/mol. The highest BCUT2D eigenvalue weighted by Crippen LogP contribution is 2.19. The fourth-order valence-electron chi connectivity index (χ4n) is 2.66. The van der Waals surface area contributed by atoms with Crippen LogP contribution in [0.25, 0.3) is 5.69 Å². The second-order valence-electron chi connectivity index (χ2n) is 5.61. The summed E-state index contributed by atoms with van der Waals surface area (Å²) in [6.07, 6.45) is 1.65. The number of hydrogen-bond acceptors (Lipinski definition) is 3. The first kappa shape index (κ1) is 15.8. The minimum atomic E-state index is -0.365. The molecule has 0 radical (unpaired) electrons. The summed E-state index contributed by atoms with van der Waals surface area (Å²) in [7, 11) is 0. The van der Waals surface area contributed by atoms with E-state index < -0.39 is 0 Å². The Morgan fingerprint density at radius 1 is 1.12 bits per heavy atom. The van der Waals surface area contributed by atoms with Crippen LogP contribution in [0.3, 0.4) is 0 Å². The number of nitrogens with zero attached hydrogens (tertiary/aromatic N) is 2. The molecule has 1 N–H and O–H groups in total. The fraction of sp³-hybridized carbons (Fsp3) is 0.158. The third-order valence-corrected chi connectivity index (χ3v) is 3.82. The Bertz CT molecular complexity index is 889. The van der Waals surface area contributed by atoms with E-state index in [2.05, 4.69) is 27.2 Å². The summed E-state index contributed by atoms with van der Waals surface area (Å²) in [5.41, 5.74) is 6.70. The Kier molecular flexibility index (Phi) is 4.33. The molecule has 1 amide bonds. The number of aryl methyl sites for hydroxylation is 2. The van der Waals surface area contributed by atoms with Crippen molar-refractivity contribution in [2.75, 3.05) is 0 Å². The predicted octanol–water partition coefficient (Wildman–Crippen LogP) is 3.76. The Morgan fingerprint density at radius 3 is 2.54 bits per heavy atom. The normalized spacial score (nSPS) is 11.1. The Labute approximate surface area is 140 Å². The summed E-state index contributed by atoms with van der Waals surface area (Å²) < 4.78 is 7.41. The molecule has 5 heteroatoms. The largest absolute Gasteiger partial charge is 0.456 e. The SMILES string of the molecule is Cc1ccc(C(=O)N/N=C\c2cc(C)n(-c3ccccc3)c2C)o1. The van der Waals surface area contributed by atoms with Crippen LogP contribution in [0, 0.1) is 20.8 Å². The number of aromatic nitrogens is 1. The zero-order valence-electron chi connectivity index (χ0n) is 13.9. The summed E-state index contributed by atoms with van der Waals surface area (Å²) >= 11 is 0. The number of hydrazone groups is 1. The molecule has 0 spiro atoms. The molecule has 0 unspecified atom stereocenters. The quantitative estimate of drug-likeness (QED) is 0.587. The highest BCUT2D eigenvalue weighted by atomic mass is 16.3. The van der Waals surface area contributed by atoms with Crippen molar-refractivity contribution in [3.8, 4) is 5.69 Å². The number of hydrogen-bond donors (Lipinski definition) is 1. The molecule has 0 fully saturated rings. The number of carbonyl (C=O) groups is 1. The van der Waals surface area contributed by atoms with Crippen molar-refractivity contribution in [3.63, 3.8) is 0 Å². The van der Waals surface area contributed by atoms with Crippen LogP contribution in [0.2, 0.25) is 0 Å². The van der Waals surface area contributed by atoms with Gasteiger partial charge in [0.25, 0.3) is 0 Å². The number of nitrogens with one attached hydrogen (secondary N) is 1. The van der Waals surface area contributed by atoms with Gasteiger partial charge in [0, 0.05) is 22.6 Å². The number of benzene rings is 1. The number of para-hydroxylation sites is 1. The van der Waals surface area contributed by atoms with Gasteiger partial charge in [-0.25, -0.2) is 5.43 Å². The molecule has 24 heavy (non-hydrogen) atoms. The average Bonchev–Trinajstić information content (AvgIpc) is 3.12. The molecule has 0 aliphatic rings. The van der Waals surface area contributed by atoms with Crippen molar-refractivity contribution in [1.82, 2.24) is 9.99 Å². The maximum Gasteiger partial charge on any atom is 0.307 e. The van der Waals surface area contributed by atoms with Crippen LogP contribution < -0.4 is 5.43 Å². The highest BCUT2D eigenvalue weighted by Gasteiger charge is 2.10. The van der Waals surface area contributed by atoms with E-state index in [1.807, 2.05) is 38.1 Å². The highest BCUT2D eigenvalue weighted by molar-refractivity contribution is 5.92. The molecule has 5 nitrogen and oxygen atoms in total. The monoisotopic (exact) mass is 321 g/mol. The van der Waals surface area contributed by atoms with Gasteiger partial charge < -0.3 is 8.98 Å². The van der Waals surface area contributed by atoms with Crippen molar-refractivity contribution in [1.29, 1.82) is 0 Å². The van der Waals surface area contributed by atoms with Crippen LogP contribution >= 0.6 is 0 Å². The molecule has 0 aliphatic heterocycles. The zero-order valence-corrected chi connectivity index (χ0v) is 13.9. The number of rotatable bonds is 4. The van der Waals surface area contributed by atoms with E-state index in [9.17, 15) is 4.79 Å². The van der Waals surface area contributed by atoms with Crippen molar-refractivity contribution < 1.29 is 9.21 Å². The molecule has 122 valence electrons. The maximum absolute atomic E-state index is 11.9. The minimum Gasteiger partial charge on any atom is -0.456 e.